The fraction of sp³-hybridized carbons (Fsp3) is 0.389. The maximum absolute atomic E-state index is 12.6. The molecular weight excluding hydrogens is 345 g/mol. The molecule has 0 spiro atoms. The quantitative estimate of drug-likeness (QED) is 0.870. The van der Waals surface area contributed by atoms with Crippen molar-refractivity contribution in [3.05, 3.63) is 46.1 Å². The molecule has 3 aliphatic rings. The lowest BCUT2D eigenvalue weighted by atomic mass is 9.84. The van der Waals surface area contributed by atoms with E-state index in [1.165, 1.54) is 25.9 Å². The Balaban J connectivity index is 1.49. The van der Waals surface area contributed by atoms with E-state index in [1.54, 1.807) is 18.2 Å². The van der Waals surface area contributed by atoms with E-state index in [1.807, 2.05) is 12.1 Å². The van der Waals surface area contributed by atoms with Crippen LogP contribution in [0.25, 0.3) is 11.3 Å². The van der Waals surface area contributed by atoms with E-state index in [9.17, 15) is 4.79 Å². The summed E-state index contributed by atoms with van der Waals surface area (Å²) in [4.78, 5) is 18.2. The smallest absolute Gasteiger partial charge is 0.267 e. The van der Waals surface area contributed by atoms with Gasteiger partial charge in [0.1, 0.15) is 5.69 Å². The van der Waals surface area contributed by atoms with Crippen LogP contribution in [0.3, 0.4) is 0 Å². The summed E-state index contributed by atoms with van der Waals surface area (Å²) in [5.41, 5.74) is 2.21. The average Bonchev–Trinajstić information content (AvgIpc) is 3.06. The summed E-state index contributed by atoms with van der Waals surface area (Å²) in [6.45, 7) is 3.30. The number of hydrogen-bond donors (Lipinski definition) is 2. The van der Waals surface area contributed by atoms with Gasteiger partial charge in [0, 0.05) is 28.9 Å². The van der Waals surface area contributed by atoms with Crippen LogP contribution < -0.4 is 5.32 Å². The van der Waals surface area contributed by atoms with Crippen molar-refractivity contribution in [1.82, 2.24) is 15.2 Å². The molecule has 24 heavy (non-hydrogen) atoms. The van der Waals surface area contributed by atoms with Gasteiger partial charge in [-0.05, 0) is 62.2 Å². The zero-order valence-corrected chi connectivity index (χ0v) is 14.7. The normalized spacial score (nSPS) is 25.7. The summed E-state index contributed by atoms with van der Waals surface area (Å²) in [6.07, 6.45) is 2.36. The minimum absolute atomic E-state index is 0.0508. The molecule has 2 aromatic rings. The van der Waals surface area contributed by atoms with Crippen molar-refractivity contribution in [2.75, 3.05) is 19.6 Å². The molecule has 6 heteroatoms. The first-order valence-electron chi connectivity index (χ1n) is 8.28. The van der Waals surface area contributed by atoms with Crippen LogP contribution in [-0.2, 0) is 0 Å². The van der Waals surface area contributed by atoms with E-state index in [4.69, 9.17) is 23.2 Å². The van der Waals surface area contributed by atoms with E-state index >= 15 is 0 Å². The monoisotopic (exact) mass is 363 g/mol. The molecule has 1 atom stereocenters. The first-order chi connectivity index (χ1) is 11.6. The Hall–Kier alpha value is -1.49. The molecule has 4 nitrogen and oxygen atoms in total. The van der Waals surface area contributed by atoms with Crippen molar-refractivity contribution >= 4 is 29.1 Å². The number of carbonyl (C=O) groups excluding carboxylic acids is 1. The molecule has 2 N–H and O–H groups in total. The summed E-state index contributed by atoms with van der Waals surface area (Å²) in [5, 5.41) is 4.35. The molecule has 3 fully saturated rings. The molecule has 1 aromatic carbocycles. The molecule has 2 bridgehead atoms. The third-order valence-electron chi connectivity index (χ3n) is 5.12. The van der Waals surface area contributed by atoms with Gasteiger partial charge in [-0.3, -0.25) is 4.79 Å². The second-order valence-corrected chi connectivity index (χ2v) is 7.47. The van der Waals surface area contributed by atoms with Crippen molar-refractivity contribution in [3.8, 4) is 11.3 Å². The maximum Gasteiger partial charge on any atom is 0.267 e. The number of piperidine rings is 3. The van der Waals surface area contributed by atoms with Crippen LogP contribution in [0, 0.1) is 5.92 Å². The largest absolute Gasteiger partial charge is 0.351 e. The second kappa shape index (κ2) is 6.43. The third kappa shape index (κ3) is 3.06. The molecular formula is C18H19Cl2N3O. The van der Waals surface area contributed by atoms with Gasteiger partial charge in [0.15, 0.2) is 0 Å². The summed E-state index contributed by atoms with van der Waals surface area (Å²) in [6, 6.07) is 9.28. The first-order valence-corrected chi connectivity index (χ1v) is 9.03. The third-order valence-corrected chi connectivity index (χ3v) is 5.67. The van der Waals surface area contributed by atoms with Gasteiger partial charge in [-0.2, -0.15) is 0 Å². The summed E-state index contributed by atoms with van der Waals surface area (Å²) >= 11 is 12.2. The summed E-state index contributed by atoms with van der Waals surface area (Å²) in [5.74, 6) is 0.559. The number of H-pyrrole nitrogens is 1. The molecule has 3 aliphatic heterocycles. The lowest BCUT2D eigenvalue weighted by Crippen LogP contribution is -2.57. The fourth-order valence-corrected chi connectivity index (χ4v) is 4.28. The highest BCUT2D eigenvalue weighted by Gasteiger charge is 2.35. The van der Waals surface area contributed by atoms with Crippen LogP contribution in [-0.4, -0.2) is 41.5 Å². The van der Waals surface area contributed by atoms with E-state index in [-0.39, 0.29) is 11.9 Å². The Morgan fingerprint density at radius 1 is 1.17 bits per heavy atom. The van der Waals surface area contributed by atoms with Crippen molar-refractivity contribution in [3.63, 3.8) is 0 Å². The lowest BCUT2D eigenvalue weighted by Gasteiger charge is -2.44. The van der Waals surface area contributed by atoms with Crippen molar-refractivity contribution in [1.29, 1.82) is 0 Å². The highest BCUT2D eigenvalue weighted by molar-refractivity contribution is 6.36. The number of aromatic nitrogens is 1. The molecule has 0 aliphatic carbocycles. The Labute approximate surface area is 151 Å². The Bertz CT molecular complexity index is 765. The molecule has 126 valence electrons. The standard InChI is InChI=1S/C18H19Cl2N3O/c19-12-1-2-13(14(20)9-12)15-3-4-16(21-15)18(24)22-17-10-23-7-5-11(17)6-8-23/h1-4,9,11,17,21H,5-8,10H2,(H,22,24)/t17-/m0/s1. The number of nitrogens with zero attached hydrogens (tertiary/aromatic N) is 1. The van der Waals surface area contributed by atoms with Crippen LogP contribution in [0.4, 0.5) is 0 Å². The number of rotatable bonds is 3. The number of aromatic amines is 1. The van der Waals surface area contributed by atoms with E-state index in [2.05, 4.69) is 15.2 Å². The molecule has 4 heterocycles. The lowest BCUT2D eigenvalue weighted by molar-refractivity contribution is 0.0618. The number of benzene rings is 1. The van der Waals surface area contributed by atoms with Crippen LogP contribution in [0.15, 0.2) is 30.3 Å². The molecule has 5 rings (SSSR count). The first kappa shape index (κ1) is 16.0. The molecule has 1 amide bonds. The van der Waals surface area contributed by atoms with Gasteiger partial charge in [-0.1, -0.05) is 23.2 Å². The molecule has 0 saturated carbocycles. The molecule has 0 radical (unpaired) electrons. The number of carbonyl (C=O) groups is 1. The van der Waals surface area contributed by atoms with Crippen LogP contribution >= 0.6 is 23.2 Å². The highest BCUT2D eigenvalue weighted by atomic mass is 35.5. The SMILES string of the molecule is O=C(N[C@H]1CN2CCC1CC2)c1ccc(-c2ccc(Cl)cc2Cl)[nH]1. The number of nitrogens with one attached hydrogen (secondary N) is 2. The summed E-state index contributed by atoms with van der Waals surface area (Å²) in [7, 11) is 0. The summed E-state index contributed by atoms with van der Waals surface area (Å²) < 4.78 is 0. The minimum atomic E-state index is -0.0508. The topological polar surface area (TPSA) is 48.1 Å². The fourth-order valence-electron chi connectivity index (χ4n) is 3.77. The van der Waals surface area contributed by atoms with Gasteiger partial charge in [0.05, 0.1) is 5.02 Å². The maximum atomic E-state index is 12.6. The number of halogens is 2. The number of amides is 1. The van der Waals surface area contributed by atoms with Crippen LogP contribution in [0.5, 0.6) is 0 Å². The van der Waals surface area contributed by atoms with E-state index in [0.29, 0.717) is 21.7 Å². The highest BCUT2D eigenvalue weighted by Crippen LogP contribution is 2.30. The second-order valence-electron chi connectivity index (χ2n) is 6.63. The van der Waals surface area contributed by atoms with Gasteiger partial charge < -0.3 is 15.2 Å². The predicted octanol–water partition coefficient (Wildman–Crippen LogP) is 3.81. The zero-order chi connectivity index (χ0) is 16.7. The van der Waals surface area contributed by atoms with E-state index in [0.717, 1.165) is 17.8 Å². The number of hydrogen-bond acceptors (Lipinski definition) is 2. The Morgan fingerprint density at radius 2 is 1.96 bits per heavy atom. The predicted molar refractivity (Wildman–Crippen MR) is 96.7 cm³/mol. The molecule has 1 aromatic heterocycles. The molecule has 3 saturated heterocycles. The van der Waals surface area contributed by atoms with Gasteiger partial charge in [0.25, 0.3) is 5.91 Å². The van der Waals surface area contributed by atoms with Crippen molar-refractivity contribution in [2.45, 2.75) is 18.9 Å². The van der Waals surface area contributed by atoms with Crippen LogP contribution in [0.1, 0.15) is 23.3 Å². The van der Waals surface area contributed by atoms with Crippen molar-refractivity contribution < 1.29 is 4.79 Å². The Morgan fingerprint density at radius 3 is 2.62 bits per heavy atom. The van der Waals surface area contributed by atoms with Crippen molar-refractivity contribution in [2.24, 2.45) is 5.92 Å². The Kier molecular flexibility index (Phi) is 4.29. The van der Waals surface area contributed by atoms with Gasteiger partial charge in [0.2, 0.25) is 0 Å². The van der Waals surface area contributed by atoms with E-state index < -0.39 is 0 Å². The van der Waals surface area contributed by atoms with Gasteiger partial charge in [-0.15, -0.1) is 0 Å². The zero-order valence-electron chi connectivity index (χ0n) is 13.2. The number of fused-ring (bicyclic) bond motifs is 3. The van der Waals surface area contributed by atoms with Crippen LogP contribution in [0.2, 0.25) is 10.0 Å². The average molecular weight is 364 g/mol. The molecule has 0 unspecified atom stereocenters. The minimum Gasteiger partial charge on any atom is -0.351 e. The van der Waals surface area contributed by atoms with Gasteiger partial charge in [-0.25, -0.2) is 0 Å². The van der Waals surface area contributed by atoms with Gasteiger partial charge >= 0.3 is 0 Å².